The molecule has 1 aliphatic heterocycles. The minimum atomic E-state index is -0.209. The average Bonchev–Trinajstić information content (AvgIpc) is 2.69. The highest BCUT2D eigenvalue weighted by atomic mass is 16.5. The molecule has 4 heteroatoms. The summed E-state index contributed by atoms with van der Waals surface area (Å²) in [5, 5.41) is 0. The monoisotopic (exact) mass is 370 g/mol. The van der Waals surface area contributed by atoms with Gasteiger partial charge in [0.15, 0.2) is 0 Å². The number of hydrogen-bond donors (Lipinski definition) is 0. The molecule has 148 valence electrons. The summed E-state index contributed by atoms with van der Waals surface area (Å²) in [4.78, 5) is 18.1. The maximum absolute atomic E-state index is 11.8. The Kier molecular flexibility index (Phi) is 9.67. The largest absolute Gasteiger partial charge is 0.406 e. The molecule has 4 nitrogen and oxygen atoms in total. The number of anilines is 1. The van der Waals surface area contributed by atoms with E-state index in [4.69, 9.17) is 4.74 Å². The Labute approximate surface area is 164 Å². The summed E-state index contributed by atoms with van der Waals surface area (Å²) in [7, 11) is 0. The molecule has 2 rings (SSSR count). The second-order valence-electron chi connectivity index (χ2n) is 7.20. The second kappa shape index (κ2) is 12.3. The number of ether oxygens (including phenoxy) is 1. The third-order valence-corrected chi connectivity index (χ3v) is 4.78. The maximum Gasteiger partial charge on any atom is 0.312 e. The van der Waals surface area contributed by atoms with Gasteiger partial charge >= 0.3 is 5.97 Å². The van der Waals surface area contributed by atoms with Gasteiger partial charge < -0.3 is 9.64 Å². The summed E-state index contributed by atoms with van der Waals surface area (Å²) in [6.45, 7) is 5.00. The lowest BCUT2D eigenvalue weighted by molar-refractivity contribution is -0.139. The van der Waals surface area contributed by atoms with Crippen LogP contribution in [0.5, 0.6) is 0 Å². The summed E-state index contributed by atoms with van der Waals surface area (Å²) in [6, 6.07) is 8.63. The molecule has 0 aliphatic carbocycles. The number of esters is 1. The molecule has 0 saturated heterocycles. The van der Waals surface area contributed by atoms with E-state index in [0.29, 0.717) is 18.8 Å². The van der Waals surface area contributed by atoms with Gasteiger partial charge in [-0.2, -0.15) is 0 Å². The van der Waals surface area contributed by atoms with Crippen LogP contribution in [0.15, 0.2) is 41.3 Å². The lowest BCUT2D eigenvalue weighted by Gasteiger charge is -2.22. The van der Waals surface area contributed by atoms with Crippen molar-refractivity contribution in [3.05, 3.63) is 41.9 Å². The van der Waals surface area contributed by atoms with E-state index in [1.165, 1.54) is 44.1 Å². The van der Waals surface area contributed by atoms with Crippen LogP contribution in [-0.2, 0) is 16.0 Å². The number of carbonyl (C=O) groups is 1. The molecule has 0 spiro atoms. The topological polar surface area (TPSA) is 41.9 Å². The zero-order valence-electron chi connectivity index (χ0n) is 17.0. The molecule has 0 aromatic heterocycles. The van der Waals surface area contributed by atoms with E-state index in [1.54, 1.807) is 6.21 Å². The number of hydrogen-bond acceptors (Lipinski definition) is 4. The number of rotatable bonds is 12. The van der Waals surface area contributed by atoms with Gasteiger partial charge in [0.1, 0.15) is 0 Å². The molecule has 0 fully saturated rings. The highest BCUT2D eigenvalue weighted by Crippen LogP contribution is 2.21. The van der Waals surface area contributed by atoms with Crippen LogP contribution in [0.1, 0.15) is 77.2 Å². The number of benzene rings is 1. The molecule has 0 amide bonds. The van der Waals surface area contributed by atoms with Gasteiger partial charge in [0.2, 0.25) is 5.88 Å². The molecule has 1 heterocycles. The van der Waals surface area contributed by atoms with Crippen LogP contribution in [0.3, 0.4) is 0 Å². The first-order chi connectivity index (χ1) is 13.2. The Hall–Kier alpha value is -2.10. The Morgan fingerprint density at radius 3 is 2.67 bits per heavy atom. The van der Waals surface area contributed by atoms with E-state index < -0.39 is 0 Å². The number of aryl methyl sites for hydroxylation is 1. The third kappa shape index (κ3) is 7.98. The van der Waals surface area contributed by atoms with Crippen molar-refractivity contribution in [3.63, 3.8) is 0 Å². The van der Waals surface area contributed by atoms with E-state index in [-0.39, 0.29) is 5.97 Å². The van der Waals surface area contributed by atoms with Crippen LogP contribution >= 0.6 is 0 Å². The van der Waals surface area contributed by atoms with Gasteiger partial charge in [-0.1, -0.05) is 64.5 Å². The van der Waals surface area contributed by atoms with Crippen molar-refractivity contribution >= 4 is 17.9 Å². The average molecular weight is 371 g/mol. The number of carbonyl (C=O) groups excluding carboxylic acids is 1. The summed E-state index contributed by atoms with van der Waals surface area (Å²) in [5.74, 6) is 0.169. The normalized spacial score (nSPS) is 13.6. The number of unbranched alkanes of at least 4 members (excludes halogenated alkanes) is 6. The van der Waals surface area contributed by atoms with Crippen LogP contribution in [0.2, 0.25) is 0 Å². The van der Waals surface area contributed by atoms with E-state index in [1.807, 2.05) is 6.20 Å². The highest BCUT2D eigenvalue weighted by molar-refractivity contribution is 5.74. The van der Waals surface area contributed by atoms with Gasteiger partial charge in [-0.25, -0.2) is 4.99 Å². The van der Waals surface area contributed by atoms with Crippen molar-refractivity contribution in [2.24, 2.45) is 4.99 Å². The van der Waals surface area contributed by atoms with E-state index in [0.717, 1.165) is 24.9 Å². The van der Waals surface area contributed by atoms with Gasteiger partial charge in [0.05, 0.1) is 12.7 Å². The lowest BCUT2D eigenvalue weighted by atomic mass is 10.0. The molecule has 1 aromatic rings. The predicted octanol–water partition coefficient (Wildman–Crippen LogP) is 6.01. The summed E-state index contributed by atoms with van der Waals surface area (Å²) >= 11 is 0. The van der Waals surface area contributed by atoms with Crippen LogP contribution in [0.4, 0.5) is 5.69 Å². The molecule has 0 radical (unpaired) electrons. The van der Waals surface area contributed by atoms with Crippen molar-refractivity contribution in [1.82, 2.24) is 0 Å². The first kappa shape index (κ1) is 21.2. The van der Waals surface area contributed by atoms with Crippen molar-refractivity contribution in [2.75, 3.05) is 11.4 Å². The van der Waals surface area contributed by atoms with Gasteiger partial charge in [-0.05, 0) is 37.0 Å². The first-order valence-electron chi connectivity index (χ1n) is 10.5. The molecule has 0 N–H and O–H groups in total. The van der Waals surface area contributed by atoms with Crippen molar-refractivity contribution in [1.29, 1.82) is 0 Å². The summed E-state index contributed by atoms with van der Waals surface area (Å²) < 4.78 is 5.37. The van der Waals surface area contributed by atoms with Crippen LogP contribution in [0.25, 0.3) is 0 Å². The fourth-order valence-corrected chi connectivity index (χ4v) is 3.16. The first-order valence-corrected chi connectivity index (χ1v) is 10.5. The summed E-state index contributed by atoms with van der Waals surface area (Å²) in [5.41, 5.74) is 2.48. The SMILES string of the molecule is CCCCCCCCc1cccc(N2C=C(OC(=O)CCCC)N=CC2)c1. The summed E-state index contributed by atoms with van der Waals surface area (Å²) in [6.07, 6.45) is 14.9. The molecule has 1 aromatic carbocycles. The maximum atomic E-state index is 11.8. The minimum Gasteiger partial charge on any atom is -0.406 e. The smallest absolute Gasteiger partial charge is 0.312 e. The van der Waals surface area contributed by atoms with E-state index in [2.05, 4.69) is 48.0 Å². The zero-order valence-corrected chi connectivity index (χ0v) is 17.0. The Balaban J connectivity index is 1.87. The quantitative estimate of drug-likeness (QED) is 0.334. The predicted molar refractivity (Wildman–Crippen MR) is 113 cm³/mol. The lowest BCUT2D eigenvalue weighted by Crippen LogP contribution is -2.23. The Bertz CT molecular complexity index is 637. The van der Waals surface area contributed by atoms with Crippen molar-refractivity contribution < 1.29 is 9.53 Å². The Morgan fingerprint density at radius 2 is 1.85 bits per heavy atom. The molecule has 0 atom stereocenters. The fraction of sp³-hybridized carbons (Fsp3) is 0.565. The van der Waals surface area contributed by atoms with Gasteiger partial charge in [-0.3, -0.25) is 4.79 Å². The van der Waals surface area contributed by atoms with E-state index >= 15 is 0 Å². The molecule has 0 unspecified atom stereocenters. The van der Waals surface area contributed by atoms with Gasteiger partial charge in [-0.15, -0.1) is 0 Å². The Morgan fingerprint density at radius 1 is 1.07 bits per heavy atom. The zero-order chi connectivity index (χ0) is 19.3. The fourth-order valence-electron chi connectivity index (χ4n) is 3.16. The third-order valence-electron chi connectivity index (χ3n) is 4.78. The van der Waals surface area contributed by atoms with Crippen LogP contribution < -0.4 is 4.90 Å². The molecular formula is C23H34N2O2. The standard InChI is InChI=1S/C23H34N2O2/c1-3-5-7-8-9-10-12-20-13-11-14-21(18-20)25-17-16-24-22(19-25)27-23(26)15-6-4-2/h11,13-14,16,18-19H,3-10,12,15,17H2,1-2H3. The van der Waals surface area contributed by atoms with Gasteiger partial charge in [0, 0.05) is 18.3 Å². The van der Waals surface area contributed by atoms with Crippen molar-refractivity contribution in [2.45, 2.75) is 78.1 Å². The molecular weight excluding hydrogens is 336 g/mol. The van der Waals surface area contributed by atoms with Crippen LogP contribution in [-0.4, -0.2) is 18.7 Å². The number of nitrogens with zero attached hydrogens (tertiary/aromatic N) is 2. The minimum absolute atomic E-state index is 0.209. The van der Waals surface area contributed by atoms with Crippen molar-refractivity contribution in [3.8, 4) is 0 Å². The van der Waals surface area contributed by atoms with E-state index in [9.17, 15) is 4.79 Å². The van der Waals surface area contributed by atoms with Crippen LogP contribution in [0, 0.1) is 0 Å². The molecule has 0 bridgehead atoms. The molecule has 0 saturated carbocycles. The number of aliphatic imine (C=N–C) groups is 1. The second-order valence-corrected chi connectivity index (χ2v) is 7.20. The molecule has 27 heavy (non-hydrogen) atoms. The van der Waals surface area contributed by atoms with Gasteiger partial charge in [0.25, 0.3) is 0 Å². The molecule has 1 aliphatic rings. The highest BCUT2D eigenvalue weighted by Gasteiger charge is 2.13.